The van der Waals surface area contributed by atoms with Gasteiger partial charge in [0.1, 0.15) is 10.5 Å². The molecule has 0 radical (unpaired) electrons. The predicted octanol–water partition coefficient (Wildman–Crippen LogP) is 4.57. The van der Waals surface area contributed by atoms with Crippen molar-refractivity contribution in [1.82, 2.24) is 19.8 Å². The summed E-state index contributed by atoms with van der Waals surface area (Å²) in [6.45, 7) is 9.42. The van der Waals surface area contributed by atoms with Crippen LogP contribution in [0.5, 0.6) is 5.88 Å². The van der Waals surface area contributed by atoms with Crippen molar-refractivity contribution < 1.29 is 23.1 Å². The molecule has 3 aromatic rings. The lowest BCUT2D eigenvalue weighted by atomic mass is 9.70. The molecule has 12 heteroatoms. The molecule has 11 nitrogen and oxygen atoms in total. The average molecular weight is 619 g/mol. The zero-order chi connectivity index (χ0) is 31.2. The van der Waals surface area contributed by atoms with Gasteiger partial charge in [-0.05, 0) is 100 Å². The van der Waals surface area contributed by atoms with Gasteiger partial charge in [0, 0.05) is 36.6 Å². The van der Waals surface area contributed by atoms with E-state index in [0.717, 1.165) is 59.3 Å². The standard InChI is InChI=1S/C32H38N6O5S/c1-18-12-26-29(34-14-18)43-32(10-11-32)17-37(44(26,41)42)16-22-13-21(15-33-20(22)3)27(31(4,5)30(39)40)24-8-9-25-28(19(24)2)35-36-38(25)23-6-7-23/h8-9,12-15,23,27,35-36H,6-7,10-11,16-17H2,1-5H3,(H,39,40)/t27-/m0/s1. The van der Waals surface area contributed by atoms with E-state index in [1.807, 2.05) is 39.0 Å². The number of aromatic nitrogens is 2. The molecule has 2 aliphatic carbocycles. The molecule has 7 rings (SSSR count). The van der Waals surface area contributed by atoms with E-state index in [4.69, 9.17) is 9.72 Å². The second-order valence-electron chi connectivity index (χ2n) is 13.4. The maximum absolute atomic E-state index is 14.0. The quantitative estimate of drug-likeness (QED) is 0.345. The van der Waals surface area contributed by atoms with Gasteiger partial charge in [0.15, 0.2) is 0 Å². The Labute approximate surface area is 257 Å². The Balaban J connectivity index is 1.30. The molecule has 232 valence electrons. The molecule has 2 aliphatic heterocycles. The number of nitrogens with one attached hydrogen (secondary N) is 2. The number of sulfonamides is 1. The van der Waals surface area contributed by atoms with E-state index in [1.165, 1.54) is 4.31 Å². The molecule has 1 spiro atoms. The summed E-state index contributed by atoms with van der Waals surface area (Å²) < 4.78 is 35.7. The van der Waals surface area contributed by atoms with Crippen LogP contribution in [0.1, 0.15) is 79.0 Å². The van der Waals surface area contributed by atoms with Crippen LogP contribution in [0.25, 0.3) is 0 Å². The molecular weight excluding hydrogens is 580 g/mol. The lowest BCUT2D eigenvalue weighted by Crippen LogP contribution is -2.38. The summed E-state index contributed by atoms with van der Waals surface area (Å²) in [6.07, 6.45) is 7.11. The molecule has 4 aliphatic rings. The minimum atomic E-state index is -3.93. The highest BCUT2D eigenvalue weighted by molar-refractivity contribution is 7.89. The Morgan fingerprint density at radius 1 is 1.16 bits per heavy atom. The first-order valence-electron chi connectivity index (χ1n) is 15.1. The van der Waals surface area contributed by atoms with E-state index in [2.05, 4.69) is 21.0 Å². The van der Waals surface area contributed by atoms with Crippen molar-refractivity contribution in [3.63, 3.8) is 0 Å². The molecule has 0 unspecified atom stereocenters. The van der Waals surface area contributed by atoms with E-state index in [-0.39, 0.29) is 23.9 Å². The average Bonchev–Trinajstić information content (AvgIpc) is 3.91. The van der Waals surface area contributed by atoms with E-state index < -0.39 is 32.9 Å². The Hall–Kier alpha value is -3.74. The van der Waals surface area contributed by atoms with Gasteiger partial charge in [-0.25, -0.2) is 13.4 Å². The molecule has 0 bridgehead atoms. The Bertz CT molecular complexity index is 1800. The number of aryl methyl sites for hydroxylation is 2. The number of hydrogen-bond donors (Lipinski definition) is 3. The van der Waals surface area contributed by atoms with Crippen molar-refractivity contribution >= 4 is 27.4 Å². The van der Waals surface area contributed by atoms with E-state index in [0.29, 0.717) is 17.3 Å². The van der Waals surface area contributed by atoms with Crippen LogP contribution in [-0.4, -0.2) is 52.0 Å². The second kappa shape index (κ2) is 9.88. The van der Waals surface area contributed by atoms with Crippen molar-refractivity contribution in [2.45, 2.75) is 89.3 Å². The van der Waals surface area contributed by atoms with Crippen LogP contribution in [0.2, 0.25) is 0 Å². The van der Waals surface area contributed by atoms with Crippen LogP contribution < -0.4 is 20.7 Å². The highest BCUT2D eigenvalue weighted by Crippen LogP contribution is 2.49. The minimum absolute atomic E-state index is 0.0723. The number of nitrogens with zero attached hydrogens (tertiary/aromatic N) is 4. The fraction of sp³-hybridized carbons (Fsp3) is 0.469. The molecule has 2 aromatic heterocycles. The number of pyridine rings is 2. The fourth-order valence-electron chi connectivity index (χ4n) is 6.51. The summed E-state index contributed by atoms with van der Waals surface area (Å²) in [4.78, 5) is 21.8. The van der Waals surface area contributed by atoms with Crippen LogP contribution >= 0.6 is 0 Å². The monoisotopic (exact) mass is 618 g/mol. The summed E-state index contributed by atoms with van der Waals surface area (Å²) >= 11 is 0. The van der Waals surface area contributed by atoms with Crippen LogP contribution in [0.4, 0.5) is 11.4 Å². The second-order valence-corrected chi connectivity index (χ2v) is 15.3. The molecule has 4 heterocycles. The summed E-state index contributed by atoms with van der Waals surface area (Å²) in [7, 11) is -3.93. The lowest BCUT2D eigenvalue weighted by Gasteiger charge is -2.33. The highest BCUT2D eigenvalue weighted by Gasteiger charge is 2.52. The van der Waals surface area contributed by atoms with E-state index >= 15 is 0 Å². The van der Waals surface area contributed by atoms with Gasteiger partial charge in [-0.1, -0.05) is 12.1 Å². The topological polar surface area (TPSA) is 137 Å². The number of anilines is 2. The van der Waals surface area contributed by atoms with Crippen LogP contribution in [0.3, 0.4) is 0 Å². The molecule has 0 amide bonds. The number of carboxylic acid groups (broad SMARTS) is 1. The maximum Gasteiger partial charge on any atom is 0.310 e. The molecule has 1 atom stereocenters. The lowest BCUT2D eigenvalue weighted by molar-refractivity contribution is -0.147. The van der Waals surface area contributed by atoms with E-state index in [1.54, 1.807) is 32.3 Å². The first-order chi connectivity index (χ1) is 20.8. The van der Waals surface area contributed by atoms with Crippen molar-refractivity contribution in [2.24, 2.45) is 5.41 Å². The molecule has 44 heavy (non-hydrogen) atoms. The van der Waals surface area contributed by atoms with Crippen LogP contribution in [0, 0.1) is 26.2 Å². The fourth-order valence-corrected chi connectivity index (χ4v) is 8.15. The normalized spacial score (nSPS) is 20.7. The van der Waals surface area contributed by atoms with Crippen molar-refractivity contribution in [2.75, 3.05) is 17.0 Å². The molecule has 1 aromatic carbocycles. The molecule has 2 saturated carbocycles. The first kappa shape index (κ1) is 29.0. The Morgan fingerprint density at radius 2 is 1.91 bits per heavy atom. The van der Waals surface area contributed by atoms with Gasteiger partial charge in [-0.2, -0.15) is 4.31 Å². The third-order valence-electron chi connectivity index (χ3n) is 9.59. The summed E-state index contributed by atoms with van der Waals surface area (Å²) in [6, 6.07) is 8.06. The summed E-state index contributed by atoms with van der Waals surface area (Å²) in [5.74, 6) is -1.34. The number of hydrogen-bond acceptors (Lipinski definition) is 9. The number of ether oxygens (including phenoxy) is 1. The minimum Gasteiger partial charge on any atom is -0.481 e. The van der Waals surface area contributed by atoms with Crippen molar-refractivity contribution in [3.8, 4) is 5.88 Å². The third kappa shape index (κ3) is 4.70. The Kier molecular flexibility index (Phi) is 6.51. The zero-order valence-corrected chi connectivity index (χ0v) is 26.5. The predicted molar refractivity (Wildman–Crippen MR) is 165 cm³/mol. The van der Waals surface area contributed by atoms with E-state index in [9.17, 15) is 18.3 Å². The number of hydrazine groups is 2. The zero-order valence-electron chi connectivity index (χ0n) is 25.6. The summed E-state index contributed by atoms with van der Waals surface area (Å²) in [5, 5.41) is 12.6. The third-order valence-corrected chi connectivity index (χ3v) is 11.4. The van der Waals surface area contributed by atoms with Crippen LogP contribution in [0.15, 0.2) is 41.6 Å². The van der Waals surface area contributed by atoms with Crippen molar-refractivity contribution in [3.05, 3.63) is 70.2 Å². The number of rotatable bonds is 7. The van der Waals surface area contributed by atoms with Gasteiger partial charge in [-0.3, -0.25) is 14.8 Å². The maximum atomic E-state index is 14.0. The van der Waals surface area contributed by atoms with Crippen molar-refractivity contribution in [1.29, 1.82) is 0 Å². The molecule has 0 saturated heterocycles. The number of fused-ring (bicyclic) bond motifs is 2. The first-order valence-corrected chi connectivity index (χ1v) is 16.5. The molecule has 3 N–H and O–H groups in total. The summed E-state index contributed by atoms with van der Waals surface area (Å²) in [5.41, 5.74) is 11.5. The number of benzene rings is 1. The number of carboxylic acids is 1. The molecular formula is C32H38N6O5S. The van der Waals surface area contributed by atoms with Gasteiger partial charge in [-0.15, -0.1) is 5.53 Å². The van der Waals surface area contributed by atoms with Gasteiger partial charge in [0.05, 0.1) is 23.3 Å². The number of aliphatic carboxylic acids is 1. The SMILES string of the molecule is Cc1cnc2c(c1)S(=O)(=O)N(Cc1cc([C@@H](c3ccc4c(c3C)NNN4C3CC3)C(C)(C)C(=O)O)cnc1C)CC1(CC1)O2. The van der Waals surface area contributed by atoms with Gasteiger partial charge in [0.2, 0.25) is 15.9 Å². The van der Waals surface area contributed by atoms with Gasteiger partial charge in [0.25, 0.3) is 0 Å². The highest BCUT2D eigenvalue weighted by atomic mass is 32.2. The van der Waals surface area contributed by atoms with Gasteiger partial charge < -0.3 is 15.3 Å². The van der Waals surface area contributed by atoms with Crippen LogP contribution in [-0.2, 0) is 21.4 Å². The number of carbonyl (C=O) groups is 1. The molecule has 2 fully saturated rings. The smallest absolute Gasteiger partial charge is 0.310 e. The Morgan fingerprint density at radius 3 is 2.59 bits per heavy atom. The largest absolute Gasteiger partial charge is 0.481 e. The van der Waals surface area contributed by atoms with Gasteiger partial charge >= 0.3 is 5.97 Å².